The fraction of sp³-hybridized carbons (Fsp3) is 0.429. The predicted molar refractivity (Wildman–Crippen MR) is 42.0 cm³/mol. The topological polar surface area (TPSA) is 75.0 Å². The van der Waals surface area contributed by atoms with E-state index in [1.54, 1.807) is 0 Å². The first-order valence-corrected chi connectivity index (χ1v) is 3.69. The third-order valence-corrected chi connectivity index (χ3v) is 1.25. The Hall–Kier alpha value is -1.52. The maximum atomic E-state index is 11.0. The van der Waals surface area contributed by atoms with Gasteiger partial charge < -0.3 is 14.7 Å². The predicted octanol–water partition coefficient (Wildman–Crippen LogP) is 0.270. The van der Waals surface area contributed by atoms with Crippen molar-refractivity contribution in [2.45, 2.75) is 13.3 Å². The average Bonchev–Trinajstić information content (AvgIpc) is 2.47. The molecule has 2 N–H and O–H groups in total. The van der Waals surface area contributed by atoms with Crippen LogP contribution in [0.25, 0.3) is 0 Å². The minimum Gasteiger partial charge on any atom is -0.461 e. The van der Waals surface area contributed by atoms with Crippen LogP contribution in [0.15, 0.2) is 11.0 Å². The molecule has 0 fully saturated rings. The lowest BCUT2D eigenvalue weighted by Crippen LogP contribution is -2.08. The zero-order valence-corrected chi connectivity index (χ0v) is 6.72. The van der Waals surface area contributed by atoms with E-state index in [-0.39, 0.29) is 5.69 Å². The van der Waals surface area contributed by atoms with E-state index in [1.807, 2.05) is 6.92 Å². The first-order chi connectivity index (χ1) is 5.74. The molecule has 0 saturated heterocycles. The van der Waals surface area contributed by atoms with Gasteiger partial charge >= 0.3 is 11.7 Å². The molecule has 5 heteroatoms. The smallest absolute Gasteiger partial charge is 0.356 e. The summed E-state index contributed by atoms with van der Waals surface area (Å²) in [4.78, 5) is 26.2. The molecular weight excluding hydrogens is 160 g/mol. The van der Waals surface area contributed by atoms with Gasteiger partial charge in [-0.2, -0.15) is 0 Å². The molecule has 0 aromatic carbocycles. The van der Waals surface area contributed by atoms with E-state index in [2.05, 4.69) is 9.97 Å². The Morgan fingerprint density at radius 1 is 1.67 bits per heavy atom. The zero-order chi connectivity index (χ0) is 8.97. The maximum absolute atomic E-state index is 11.0. The van der Waals surface area contributed by atoms with Gasteiger partial charge in [-0.25, -0.2) is 9.59 Å². The molecule has 0 aliphatic carbocycles. The fourth-order valence-corrected chi connectivity index (χ4v) is 0.715. The molecule has 1 aromatic heterocycles. The summed E-state index contributed by atoms with van der Waals surface area (Å²) in [6.45, 7) is 2.26. The number of carbonyl (C=O) groups is 1. The molecule has 12 heavy (non-hydrogen) atoms. The third kappa shape index (κ3) is 1.98. The SMILES string of the molecule is CCCOC(=O)c1c[nH]c(=O)[nH]1. The van der Waals surface area contributed by atoms with Crippen LogP contribution in [0.1, 0.15) is 23.8 Å². The highest BCUT2D eigenvalue weighted by atomic mass is 16.5. The van der Waals surface area contributed by atoms with Crippen LogP contribution < -0.4 is 5.69 Å². The van der Waals surface area contributed by atoms with Gasteiger partial charge in [-0.05, 0) is 6.42 Å². The van der Waals surface area contributed by atoms with E-state index in [1.165, 1.54) is 6.20 Å². The van der Waals surface area contributed by atoms with Crippen LogP contribution in [0.2, 0.25) is 0 Å². The molecule has 0 unspecified atom stereocenters. The first-order valence-electron chi connectivity index (χ1n) is 3.69. The molecule has 1 rings (SSSR count). The number of aromatic amines is 2. The van der Waals surface area contributed by atoms with Crippen molar-refractivity contribution in [2.75, 3.05) is 6.61 Å². The lowest BCUT2D eigenvalue weighted by molar-refractivity contribution is 0.0498. The molecule has 5 nitrogen and oxygen atoms in total. The number of imidazole rings is 1. The second kappa shape index (κ2) is 3.75. The maximum Gasteiger partial charge on any atom is 0.356 e. The van der Waals surface area contributed by atoms with E-state index in [0.717, 1.165) is 6.42 Å². The van der Waals surface area contributed by atoms with E-state index in [4.69, 9.17) is 4.74 Å². The number of hydrogen-bond donors (Lipinski definition) is 2. The minimum atomic E-state index is -0.504. The summed E-state index contributed by atoms with van der Waals surface area (Å²) in [5.41, 5.74) is -0.244. The van der Waals surface area contributed by atoms with E-state index >= 15 is 0 Å². The summed E-state index contributed by atoms with van der Waals surface area (Å²) in [6, 6.07) is 0. The van der Waals surface area contributed by atoms with E-state index in [9.17, 15) is 9.59 Å². The largest absolute Gasteiger partial charge is 0.461 e. The standard InChI is InChI=1S/C7H10N2O3/c1-2-3-12-6(10)5-4-8-7(11)9-5/h4H,2-3H2,1H3,(H2,8,9,11). The van der Waals surface area contributed by atoms with Crippen LogP contribution in [-0.2, 0) is 4.74 Å². The average molecular weight is 170 g/mol. The summed E-state index contributed by atoms with van der Waals surface area (Å²) in [7, 11) is 0. The van der Waals surface area contributed by atoms with Gasteiger partial charge in [-0.1, -0.05) is 6.92 Å². The highest BCUT2D eigenvalue weighted by molar-refractivity contribution is 5.86. The number of ether oxygens (including phenoxy) is 1. The molecule has 0 aliphatic heterocycles. The van der Waals surface area contributed by atoms with E-state index in [0.29, 0.717) is 6.61 Å². The Morgan fingerprint density at radius 2 is 2.42 bits per heavy atom. The van der Waals surface area contributed by atoms with Crippen LogP contribution in [-0.4, -0.2) is 22.5 Å². The number of H-pyrrole nitrogens is 2. The Kier molecular flexibility index (Phi) is 2.68. The number of aromatic nitrogens is 2. The second-order valence-electron chi connectivity index (χ2n) is 2.29. The van der Waals surface area contributed by atoms with Crippen molar-refractivity contribution in [2.24, 2.45) is 0 Å². The summed E-state index contributed by atoms with van der Waals surface area (Å²) in [5.74, 6) is -0.504. The zero-order valence-electron chi connectivity index (χ0n) is 6.72. The van der Waals surface area contributed by atoms with Gasteiger partial charge in [0.2, 0.25) is 0 Å². The van der Waals surface area contributed by atoms with Crippen molar-refractivity contribution < 1.29 is 9.53 Å². The molecule has 1 aromatic rings. The second-order valence-corrected chi connectivity index (χ2v) is 2.29. The summed E-state index contributed by atoms with van der Waals surface area (Å²) >= 11 is 0. The monoisotopic (exact) mass is 170 g/mol. The molecule has 1 heterocycles. The molecule has 0 aliphatic rings. The third-order valence-electron chi connectivity index (χ3n) is 1.25. The lowest BCUT2D eigenvalue weighted by Gasteiger charge is -1.98. The molecule has 66 valence electrons. The highest BCUT2D eigenvalue weighted by Crippen LogP contribution is 1.93. The van der Waals surface area contributed by atoms with Crippen LogP contribution in [0.3, 0.4) is 0 Å². The number of esters is 1. The van der Waals surface area contributed by atoms with Crippen molar-refractivity contribution >= 4 is 5.97 Å². The number of nitrogens with one attached hydrogen (secondary N) is 2. The van der Waals surface area contributed by atoms with Gasteiger partial charge in [0.1, 0.15) is 5.69 Å². The van der Waals surface area contributed by atoms with Crippen molar-refractivity contribution in [1.82, 2.24) is 9.97 Å². The summed E-state index contributed by atoms with van der Waals surface area (Å²) < 4.78 is 4.76. The normalized spacial score (nSPS) is 9.75. The van der Waals surface area contributed by atoms with E-state index < -0.39 is 11.7 Å². The van der Waals surface area contributed by atoms with Gasteiger partial charge in [-0.15, -0.1) is 0 Å². The molecule has 0 saturated carbocycles. The lowest BCUT2D eigenvalue weighted by atomic mass is 10.5. The van der Waals surface area contributed by atoms with Gasteiger partial charge in [0.15, 0.2) is 0 Å². The fourth-order valence-electron chi connectivity index (χ4n) is 0.715. The molecule has 0 bridgehead atoms. The van der Waals surface area contributed by atoms with Gasteiger partial charge in [0, 0.05) is 6.20 Å². The Balaban J connectivity index is 2.59. The summed E-state index contributed by atoms with van der Waals surface area (Å²) in [6.07, 6.45) is 2.06. The Labute approximate surface area is 68.8 Å². The van der Waals surface area contributed by atoms with Gasteiger partial charge in [0.05, 0.1) is 6.61 Å². The molecule has 0 radical (unpaired) electrons. The van der Waals surface area contributed by atoms with Crippen LogP contribution in [0.4, 0.5) is 0 Å². The van der Waals surface area contributed by atoms with Crippen molar-refractivity contribution in [3.05, 3.63) is 22.4 Å². The van der Waals surface area contributed by atoms with Crippen molar-refractivity contribution in [1.29, 1.82) is 0 Å². The molecule has 0 amide bonds. The van der Waals surface area contributed by atoms with Crippen LogP contribution >= 0.6 is 0 Å². The first kappa shape index (κ1) is 8.58. The Bertz CT molecular complexity index is 312. The quantitative estimate of drug-likeness (QED) is 0.639. The Morgan fingerprint density at radius 3 is 2.92 bits per heavy atom. The van der Waals surface area contributed by atoms with Crippen molar-refractivity contribution in [3.63, 3.8) is 0 Å². The summed E-state index contributed by atoms with van der Waals surface area (Å²) in [5, 5.41) is 0. The van der Waals surface area contributed by atoms with Gasteiger partial charge in [0.25, 0.3) is 0 Å². The van der Waals surface area contributed by atoms with Crippen LogP contribution in [0, 0.1) is 0 Å². The number of hydrogen-bond acceptors (Lipinski definition) is 3. The number of carbonyl (C=O) groups excluding carboxylic acids is 1. The minimum absolute atomic E-state index is 0.161. The van der Waals surface area contributed by atoms with Gasteiger partial charge in [-0.3, -0.25) is 0 Å². The molecular formula is C7H10N2O3. The van der Waals surface area contributed by atoms with Crippen LogP contribution in [0.5, 0.6) is 0 Å². The number of rotatable bonds is 3. The molecule has 0 atom stereocenters. The molecule has 0 spiro atoms. The highest BCUT2D eigenvalue weighted by Gasteiger charge is 2.07. The van der Waals surface area contributed by atoms with Crippen molar-refractivity contribution in [3.8, 4) is 0 Å².